The number of hydrogen-bond donors (Lipinski definition) is 0. The van der Waals surface area contributed by atoms with Gasteiger partial charge in [-0.25, -0.2) is 0 Å². The van der Waals surface area contributed by atoms with E-state index in [1.165, 1.54) is 0 Å². The van der Waals surface area contributed by atoms with E-state index in [1.54, 1.807) is 0 Å². The van der Waals surface area contributed by atoms with Gasteiger partial charge in [0.1, 0.15) is 19.7 Å². The third-order valence-electron chi connectivity index (χ3n) is 2.19. The van der Waals surface area contributed by atoms with Crippen LogP contribution in [0, 0.1) is 40.5 Å². The highest BCUT2D eigenvalue weighted by Gasteiger charge is 2.82. The zero-order valence-corrected chi connectivity index (χ0v) is 9.17. The fraction of sp³-hybridized carbons (Fsp3) is 1.00. The molecule has 0 bridgehead atoms. The van der Waals surface area contributed by atoms with E-state index >= 15 is 0 Å². The van der Waals surface area contributed by atoms with Crippen LogP contribution in [0.3, 0.4) is 0 Å². The monoisotopic (exact) mass is 326 g/mol. The van der Waals surface area contributed by atoms with Crippen molar-refractivity contribution < 1.29 is 37.6 Å². The summed E-state index contributed by atoms with van der Waals surface area (Å²) in [5.74, 6) is -10.1. The van der Waals surface area contributed by atoms with Crippen molar-refractivity contribution in [3.63, 3.8) is 0 Å². The summed E-state index contributed by atoms with van der Waals surface area (Å²) in [5, 5.41) is 35.8. The van der Waals surface area contributed by atoms with E-state index in [4.69, 9.17) is 0 Å². The van der Waals surface area contributed by atoms with Crippen LogP contribution in [0.25, 0.3) is 0 Å². The summed E-state index contributed by atoms with van der Waals surface area (Å²) in [6.07, 6.45) is -3.08. The quantitative estimate of drug-likeness (QED) is 0.192. The van der Waals surface area contributed by atoms with Crippen LogP contribution in [0.4, 0.5) is 17.9 Å². The number of hydrogen-bond acceptors (Lipinski definition) is 10. The predicted molar refractivity (Wildman–Crippen MR) is 46.2 cm³/mol. The van der Waals surface area contributed by atoms with Crippen LogP contribution in [0.1, 0.15) is 6.42 Å². The summed E-state index contributed by atoms with van der Waals surface area (Å²) in [4.78, 5) is 31.6. The Morgan fingerprint density at radius 2 is 0.857 bits per heavy atom. The van der Waals surface area contributed by atoms with Crippen LogP contribution in [0.2, 0.25) is 0 Å². The average molecular weight is 326 g/mol. The molecule has 0 radical (unpaired) electrons. The van der Waals surface area contributed by atoms with Gasteiger partial charge in [-0.15, -0.1) is 0 Å². The molecule has 18 heteroatoms. The molecule has 0 atom stereocenters. The van der Waals surface area contributed by atoms with Crippen molar-refractivity contribution in [3.05, 3.63) is 40.5 Å². The molecule has 0 saturated heterocycles. The van der Waals surface area contributed by atoms with E-state index in [9.17, 15) is 58.4 Å². The summed E-state index contributed by atoms with van der Waals surface area (Å²) in [6.45, 7) is 0. The fourth-order valence-corrected chi connectivity index (χ4v) is 1.08. The van der Waals surface area contributed by atoms with Crippen molar-refractivity contribution in [1.82, 2.24) is 10.7 Å². The SMILES string of the molecule is O=[N+]([O-])C(CC(N(F)F)([N+](=O)[O-])[N+](=O)[O-])(N(F)F)[N+](=O)[O-]. The van der Waals surface area contributed by atoms with Crippen molar-refractivity contribution >= 4 is 0 Å². The first-order chi connectivity index (χ1) is 9.37. The van der Waals surface area contributed by atoms with Crippen LogP contribution >= 0.6 is 0 Å². The Kier molecular flexibility index (Phi) is 4.95. The lowest BCUT2D eigenvalue weighted by molar-refractivity contribution is -0.899. The molecule has 0 aromatic heterocycles. The van der Waals surface area contributed by atoms with Gasteiger partial charge in [-0.1, -0.05) is 17.9 Å². The van der Waals surface area contributed by atoms with Crippen LogP contribution in [0.15, 0.2) is 0 Å². The van der Waals surface area contributed by atoms with Gasteiger partial charge in [0.25, 0.3) is 6.42 Å². The molecule has 0 heterocycles. The molecular formula is C3H2F4N6O8. The molecule has 120 valence electrons. The number of rotatable bonds is 8. The summed E-state index contributed by atoms with van der Waals surface area (Å²) < 4.78 is 49.7. The fourth-order valence-electron chi connectivity index (χ4n) is 1.08. The Bertz CT molecular complexity index is 413. The lowest BCUT2D eigenvalue weighted by atomic mass is 10.1. The second-order valence-electron chi connectivity index (χ2n) is 3.22. The van der Waals surface area contributed by atoms with Gasteiger partial charge in [0.2, 0.25) is 0 Å². The molecule has 0 fully saturated rings. The van der Waals surface area contributed by atoms with Crippen molar-refractivity contribution in [2.24, 2.45) is 0 Å². The number of nitrogens with zero attached hydrogens (tertiary/aromatic N) is 6. The highest BCUT2D eigenvalue weighted by atomic mass is 19.4. The van der Waals surface area contributed by atoms with Crippen LogP contribution in [0.5, 0.6) is 0 Å². The Hall–Kier alpha value is -2.76. The third kappa shape index (κ3) is 2.60. The van der Waals surface area contributed by atoms with E-state index in [0.29, 0.717) is 0 Å². The molecule has 0 aromatic carbocycles. The summed E-state index contributed by atoms with van der Waals surface area (Å²) in [7, 11) is 0. The minimum Gasteiger partial charge on any atom is -0.257 e. The zero-order chi connectivity index (χ0) is 17.2. The molecule has 0 unspecified atom stereocenters. The number of halogens is 4. The summed E-state index contributed by atoms with van der Waals surface area (Å²) in [6, 6.07) is 0. The molecule has 0 aliphatic heterocycles. The third-order valence-corrected chi connectivity index (χ3v) is 2.19. The van der Waals surface area contributed by atoms with Crippen LogP contribution < -0.4 is 0 Å². The molecule has 0 aliphatic carbocycles. The smallest absolute Gasteiger partial charge is 0.257 e. The van der Waals surface area contributed by atoms with Gasteiger partial charge >= 0.3 is 11.6 Å². The van der Waals surface area contributed by atoms with Gasteiger partial charge in [0.05, 0.1) is 0 Å². The Morgan fingerprint density at radius 3 is 0.952 bits per heavy atom. The topological polar surface area (TPSA) is 179 Å². The van der Waals surface area contributed by atoms with Gasteiger partial charge in [-0.3, -0.25) is 40.5 Å². The van der Waals surface area contributed by atoms with E-state index in [-0.39, 0.29) is 0 Å². The standard InChI is InChI=1S/C3H2F4N6O8/c4-8(5)2(10(14)15,11(16)17)1-3(9(6)7,12(18)19)13(20)21/h1H2. The highest BCUT2D eigenvalue weighted by Crippen LogP contribution is 2.34. The average Bonchev–Trinajstić information content (AvgIpc) is 2.26. The van der Waals surface area contributed by atoms with Gasteiger partial charge in [-0.2, -0.15) is 0 Å². The normalized spacial score (nSPS) is 12.5. The minimum atomic E-state index is -5.03. The lowest BCUT2D eigenvalue weighted by Gasteiger charge is -2.20. The van der Waals surface area contributed by atoms with Gasteiger partial charge in [0, 0.05) is 0 Å². The van der Waals surface area contributed by atoms with Crippen molar-refractivity contribution in [3.8, 4) is 0 Å². The molecule has 0 N–H and O–H groups in total. The van der Waals surface area contributed by atoms with E-state index in [2.05, 4.69) is 0 Å². The van der Waals surface area contributed by atoms with Gasteiger partial charge in [-0.05, 0) is 0 Å². The second kappa shape index (κ2) is 5.70. The first kappa shape index (κ1) is 18.2. The van der Waals surface area contributed by atoms with E-state index in [0.717, 1.165) is 0 Å². The molecular weight excluding hydrogens is 324 g/mol. The first-order valence-corrected chi connectivity index (χ1v) is 4.19. The minimum absolute atomic E-state index is 2.47. The van der Waals surface area contributed by atoms with Crippen molar-refractivity contribution in [1.29, 1.82) is 0 Å². The van der Waals surface area contributed by atoms with E-state index in [1.807, 2.05) is 0 Å². The van der Waals surface area contributed by atoms with Crippen molar-refractivity contribution in [2.75, 3.05) is 0 Å². The van der Waals surface area contributed by atoms with E-state index < -0.39 is 48.4 Å². The molecule has 21 heavy (non-hydrogen) atoms. The molecule has 0 aliphatic rings. The Morgan fingerprint density at radius 1 is 0.667 bits per heavy atom. The maximum Gasteiger partial charge on any atom is 0.591 e. The molecule has 0 aromatic rings. The molecule has 0 amide bonds. The largest absolute Gasteiger partial charge is 0.591 e. The lowest BCUT2D eigenvalue weighted by Crippen LogP contribution is -2.65. The summed E-state index contributed by atoms with van der Waals surface area (Å²) in [5.41, 5.74) is 0. The highest BCUT2D eigenvalue weighted by molar-refractivity contribution is 4.70. The molecule has 0 rings (SSSR count). The predicted octanol–water partition coefficient (Wildman–Crippen LogP) is -0.0671. The Labute approximate surface area is 108 Å². The van der Waals surface area contributed by atoms with Crippen LogP contribution in [-0.2, 0) is 0 Å². The zero-order valence-electron chi connectivity index (χ0n) is 9.17. The molecule has 0 spiro atoms. The van der Waals surface area contributed by atoms with Crippen LogP contribution in [-0.4, -0.2) is 42.0 Å². The Balaban J connectivity index is 6.33. The first-order valence-electron chi connectivity index (χ1n) is 4.19. The summed E-state index contributed by atoms with van der Waals surface area (Å²) >= 11 is 0. The van der Waals surface area contributed by atoms with Gasteiger partial charge < -0.3 is 0 Å². The van der Waals surface area contributed by atoms with Crippen molar-refractivity contribution in [2.45, 2.75) is 18.0 Å². The maximum atomic E-state index is 12.4. The molecule has 0 saturated carbocycles. The molecule has 14 nitrogen and oxygen atoms in total. The van der Waals surface area contributed by atoms with Gasteiger partial charge in [0.15, 0.2) is 10.7 Å². The maximum absolute atomic E-state index is 12.4. The number of nitro groups is 4. The second-order valence-corrected chi connectivity index (χ2v) is 3.22.